The highest BCUT2D eigenvalue weighted by molar-refractivity contribution is 7.97. The van der Waals surface area contributed by atoms with Gasteiger partial charge in [0.25, 0.3) is 6.43 Å². The normalized spacial score (nSPS) is 25.7. The average Bonchev–Trinajstić information content (AvgIpc) is 2.82. The summed E-state index contributed by atoms with van der Waals surface area (Å²) in [5.41, 5.74) is 0.287. The maximum absolute atomic E-state index is 12.7. The van der Waals surface area contributed by atoms with E-state index in [1.165, 1.54) is 19.2 Å². The number of aromatic nitrogens is 2. The number of aryl methyl sites for hydroxylation is 1. The largest absolute Gasteiger partial charge is 0.381 e. The number of likely N-dealkylation sites (tertiary alicyclic amines) is 1. The minimum Gasteiger partial charge on any atom is -0.381 e. The summed E-state index contributed by atoms with van der Waals surface area (Å²) < 4.78 is 34.6. The fourth-order valence-electron chi connectivity index (χ4n) is 3.89. The lowest BCUT2D eigenvalue weighted by molar-refractivity contribution is -0.113. The molecule has 1 spiro atoms. The summed E-state index contributed by atoms with van der Waals surface area (Å²) in [5.74, 6) is 0. The molecule has 3 fully saturated rings. The van der Waals surface area contributed by atoms with Crippen LogP contribution in [0, 0.1) is 5.41 Å². The highest BCUT2D eigenvalue weighted by Gasteiger charge is 2.53. The summed E-state index contributed by atoms with van der Waals surface area (Å²) in [5, 5.41) is 4.65. The fraction of sp³-hybridized carbons (Fsp3) is 0.800. The van der Waals surface area contributed by atoms with Crippen LogP contribution in [-0.2, 0) is 11.8 Å². The van der Waals surface area contributed by atoms with Gasteiger partial charge in [0, 0.05) is 64.0 Å². The van der Waals surface area contributed by atoms with Crippen molar-refractivity contribution in [1.29, 1.82) is 0 Å². The molecule has 4 heterocycles. The molecule has 0 amide bonds. The van der Waals surface area contributed by atoms with Crippen LogP contribution in [0.2, 0.25) is 0 Å². The fourth-order valence-corrected chi connectivity index (χ4v) is 5.16. The van der Waals surface area contributed by atoms with Crippen LogP contribution < -0.4 is 0 Å². The van der Waals surface area contributed by atoms with E-state index in [-0.39, 0.29) is 5.69 Å². The van der Waals surface area contributed by atoms with Gasteiger partial charge in [-0.3, -0.25) is 9.58 Å². The van der Waals surface area contributed by atoms with Gasteiger partial charge in [-0.25, -0.2) is 13.1 Å². The zero-order valence-electron chi connectivity index (χ0n) is 13.3. The third-order valence-corrected chi connectivity index (χ3v) is 6.20. The smallest absolute Gasteiger partial charge is 0.282 e. The van der Waals surface area contributed by atoms with Crippen molar-refractivity contribution in [3.8, 4) is 0 Å². The molecule has 0 bridgehead atoms. The first-order chi connectivity index (χ1) is 11.0. The number of nitrogens with zero attached hydrogens (tertiary/aromatic N) is 4. The second-order valence-corrected chi connectivity index (χ2v) is 8.09. The minimum absolute atomic E-state index is 0.139. The molecular formula is C15H22F2N4OS. The standard InChI is InChI=1S/C15H22F2N4OS/c1-19-13(6-12(18-19)14(16)17)23-21-9-15(10-21)7-20(8-15)11-2-4-22-5-3-11/h6,11,14H,2-5,7-10H2,1H3. The van der Waals surface area contributed by atoms with Crippen LogP contribution in [0.15, 0.2) is 11.1 Å². The predicted octanol–water partition coefficient (Wildman–Crippen LogP) is 2.16. The maximum Gasteiger partial charge on any atom is 0.282 e. The average molecular weight is 344 g/mol. The molecule has 0 radical (unpaired) electrons. The maximum atomic E-state index is 12.7. The van der Waals surface area contributed by atoms with Gasteiger partial charge in [0.1, 0.15) is 10.7 Å². The van der Waals surface area contributed by atoms with E-state index >= 15 is 0 Å². The van der Waals surface area contributed by atoms with Gasteiger partial charge in [-0.1, -0.05) is 0 Å². The van der Waals surface area contributed by atoms with E-state index in [1.807, 2.05) is 0 Å². The molecule has 5 nitrogen and oxygen atoms in total. The molecule has 0 unspecified atom stereocenters. The van der Waals surface area contributed by atoms with Crippen LogP contribution in [0.25, 0.3) is 0 Å². The highest BCUT2D eigenvalue weighted by Crippen LogP contribution is 2.45. The van der Waals surface area contributed by atoms with Crippen molar-refractivity contribution >= 4 is 11.9 Å². The minimum atomic E-state index is -2.50. The van der Waals surface area contributed by atoms with Crippen LogP contribution >= 0.6 is 11.9 Å². The van der Waals surface area contributed by atoms with E-state index in [1.54, 1.807) is 23.7 Å². The molecule has 0 aromatic carbocycles. The summed E-state index contributed by atoms with van der Waals surface area (Å²) in [6.07, 6.45) is -0.196. The Morgan fingerprint density at radius 3 is 2.57 bits per heavy atom. The second kappa shape index (κ2) is 5.98. The van der Waals surface area contributed by atoms with Crippen LogP contribution in [0.1, 0.15) is 25.0 Å². The van der Waals surface area contributed by atoms with Gasteiger partial charge in [0.2, 0.25) is 0 Å². The molecule has 0 aliphatic carbocycles. The summed E-state index contributed by atoms with van der Waals surface area (Å²) in [7, 11) is 1.72. The van der Waals surface area contributed by atoms with E-state index < -0.39 is 6.43 Å². The van der Waals surface area contributed by atoms with Gasteiger partial charge in [0.05, 0.1) is 0 Å². The van der Waals surface area contributed by atoms with Crippen LogP contribution in [0.4, 0.5) is 8.78 Å². The molecule has 4 rings (SSSR count). The predicted molar refractivity (Wildman–Crippen MR) is 83.4 cm³/mol. The first-order valence-corrected chi connectivity index (χ1v) is 8.89. The Balaban J connectivity index is 1.26. The third kappa shape index (κ3) is 3.01. The van der Waals surface area contributed by atoms with Gasteiger partial charge >= 0.3 is 0 Å². The Morgan fingerprint density at radius 1 is 1.26 bits per heavy atom. The Hall–Kier alpha value is -0.700. The Kier molecular flexibility index (Phi) is 4.11. The topological polar surface area (TPSA) is 33.5 Å². The lowest BCUT2D eigenvalue weighted by atomic mass is 9.73. The van der Waals surface area contributed by atoms with Gasteiger partial charge in [-0.2, -0.15) is 5.10 Å². The molecule has 3 aliphatic rings. The van der Waals surface area contributed by atoms with E-state index in [9.17, 15) is 8.78 Å². The molecule has 0 N–H and O–H groups in total. The Bertz CT molecular complexity index is 562. The Morgan fingerprint density at radius 2 is 1.96 bits per heavy atom. The SMILES string of the molecule is Cn1nc(C(F)F)cc1SN1CC2(C1)CN(C1CCOCC1)C2. The van der Waals surface area contributed by atoms with Crippen LogP contribution in [0.3, 0.4) is 0 Å². The molecular weight excluding hydrogens is 322 g/mol. The van der Waals surface area contributed by atoms with Crippen LogP contribution in [0.5, 0.6) is 0 Å². The monoisotopic (exact) mass is 344 g/mol. The van der Waals surface area contributed by atoms with Gasteiger partial charge in [-0.15, -0.1) is 0 Å². The van der Waals surface area contributed by atoms with E-state index in [2.05, 4.69) is 14.3 Å². The first kappa shape index (κ1) is 15.8. The summed E-state index contributed by atoms with van der Waals surface area (Å²) in [6, 6.07) is 2.19. The number of hydrogen-bond acceptors (Lipinski definition) is 5. The zero-order valence-corrected chi connectivity index (χ0v) is 14.1. The van der Waals surface area contributed by atoms with Crippen molar-refractivity contribution < 1.29 is 13.5 Å². The molecule has 0 saturated carbocycles. The van der Waals surface area contributed by atoms with Crippen molar-refractivity contribution in [2.24, 2.45) is 12.5 Å². The lowest BCUT2D eigenvalue weighted by Gasteiger charge is -2.61. The Labute approximate surface area is 139 Å². The number of alkyl halides is 2. The van der Waals surface area contributed by atoms with Crippen molar-refractivity contribution in [2.45, 2.75) is 30.3 Å². The second-order valence-electron chi connectivity index (χ2n) is 6.97. The molecule has 0 atom stereocenters. The number of hydrogen-bond donors (Lipinski definition) is 0. The third-order valence-electron chi connectivity index (χ3n) is 5.11. The van der Waals surface area contributed by atoms with Gasteiger partial charge < -0.3 is 4.74 Å². The van der Waals surface area contributed by atoms with Crippen molar-refractivity contribution in [3.63, 3.8) is 0 Å². The van der Waals surface area contributed by atoms with Gasteiger partial charge in [-0.05, 0) is 24.8 Å². The van der Waals surface area contributed by atoms with E-state index in [4.69, 9.17) is 4.74 Å². The zero-order chi connectivity index (χ0) is 16.0. The quantitative estimate of drug-likeness (QED) is 0.782. The number of ether oxygens (including phenoxy) is 1. The van der Waals surface area contributed by atoms with Crippen LogP contribution in [-0.4, -0.2) is 64.4 Å². The lowest BCUT2D eigenvalue weighted by Crippen LogP contribution is -2.72. The number of halogens is 2. The van der Waals surface area contributed by atoms with Gasteiger partial charge in [0.15, 0.2) is 0 Å². The van der Waals surface area contributed by atoms with Crippen molar-refractivity contribution in [1.82, 2.24) is 19.0 Å². The summed E-state index contributed by atoms with van der Waals surface area (Å²) in [4.78, 5) is 2.59. The molecule has 1 aromatic rings. The highest BCUT2D eigenvalue weighted by atomic mass is 32.2. The molecule has 3 saturated heterocycles. The van der Waals surface area contributed by atoms with E-state index in [0.29, 0.717) is 11.5 Å². The first-order valence-electron chi connectivity index (χ1n) is 8.11. The molecule has 3 aliphatic heterocycles. The molecule has 23 heavy (non-hydrogen) atoms. The van der Waals surface area contributed by atoms with E-state index in [0.717, 1.165) is 44.2 Å². The number of rotatable bonds is 4. The van der Waals surface area contributed by atoms with Crippen molar-refractivity contribution in [2.75, 3.05) is 39.4 Å². The van der Waals surface area contributed by atoms with Crippen molar-refractivity contribution in [3.05, 3.63) is 11.8 Å². The molecule has 8 heteroatoms. The molecule has 1 aromatic heterocycles. The summed E-state index contributed by atoms with van der Waals surface area (Å²) in [6.45, 7) is 6.19. The summed E-state index contributed by atoms with van der Waals surface area (Å²) >= 11 is 1.55. The molecule has 128 valence electrons.